The quantitative estimate of drug-likeness (QED) is 0.659. The third-order valence-corrected chi connectivity index (χ3v) is 1.49. The predicted molar refractivity (Wildman–Crippen MR) is 53.9 cm³/mol. The minimum absolute atomic E-state index is 0. The molecule has 16 heavy (non-hydrogen) atoms. The SMILES string of the molecule is [Mn+2].[N].[O-]c1ccccc1.[O-]c1ccccc1. The van der Waals surface area contributed by atoms with E-state index in [9.17, 15) is 10.2 Å². The summed E-state index contributed by atoms with van der Waals surface area (Å²) in [5.74, 6) is 0.144. The van der Waals surface area contributed by atoms with Crippen LogP contribution in [-0.2, 0) is 17.1 Å². The van der Waals surface area contributed by atoms with Crippen LogP contribution >= 0.6 is 0 Å². The Kier molecular flexibility index (Phi) is 10.6. The largest absolute Gasteiger partial charge is 2.00 e. The van der Waals surface area contributed by atoms with E-state index in [4.69, 9.17) is 0 Å². The summed E-state index contributed by atoms with van der Waals surface area (Å²) in [5.41, 5.74) is 0. The molecule has 3 nitrogen and oxygen atoms in total. The van der Waals surface area contributed by atoms with Crippen molar-refractivity contribution in [1.82, 2.24) is 6.15 Å². The molecule has 4 heteroatoms. The van der Waals surface area contributed by atoms with Crippen LogP contribution in [0.1, 0.15) is 0 Å². The first-order valence-electron chi connectivity index (χ1n) is 4.23. The molecule has 0 aromatic heterocycles. The van der Waals surface area contributed by atoms with E-state index in [0.29, 0.717) is 0 Å². The summed E-state index contributed by atoms with van der Waals surface area (Å²) >= 11 is 0. The third-order valence-electron chi connectivity index (χ3n) is 1.49. The van der Waals surface area contributed by atoms with E-state index >= 15 is 0 Å². The molecule has 82 valence electrons. The maximum absolute atomic E-state index is 10.3. The molecule has 2 aromatic rings. The molecule has 0 amide bonds. The first-order valence-corrected chi connectivity index (χ1v) is 4.23. The van der Waals surface area contributed by atoms with Gasteiger partial charge in [-0.25, -0.2) is 0 Å². The van der Waals surface area contributed by atoms with Crippen molar-refractivity contribution in [2.45, 2.75) is 0 Å². The zero-order valence-corrected chi connectivity index (χ0v) is 9.60. The van der Waals surface area contributed by atoms with Crippen LogP contribution in [0.5, 0.6) is 11.5 Å². The van der Waals surface area contributed by atoms with E-state index in [-0.39, 0.29) is 34.7 Å². The van der Waals surface area contributed by atoms with Gasteiger partial charge in [0.1, 0.15) is 0 Å². The van der Waals surface area contributed by atoms with E-state index in [2.05, 4.69) is 0 Å². The van der Waals surface area contributed by atoms with E-state index in [1.54, 1.807) is 24.3 Å². The van der Waals surface area contributed by atoms with Crippen molar-refractivity contribution in [1.29, 1.82) is 0 Å². The van der Waals surface area contributed by atoms with Gasteiger partial charge in [0.15, 0.2) is 0 Å². The van der Waals surface area contributed by atoms with Crippen LogP contribution in [0, 0.1) is 0 Å². The molecular formula is C12H10MnNO2. The summed E-state index contributed by atoms with van der Waals surface area (Å²) < 4.78 is 0. The normalized spacial score (nSPS) is 7.50. The maximum Gasteiger partial charge on any atom is 2.00 e. The van der Waals surface area contributed by atoms with E-state index in [1.807, 2.05) is 12.1 Å². The van der Waals surface area contributed by atoms with Crippen LogP contribution in [0.15, 0.2) is 60.7 Å². The molecule has 2 rings (SSSR count). The fourth-order valence-electron chi connectivity index (χ4n) is 0.841. The number of hydrogen-bond donors (Lipinski definition) is 0. The predicted octanol–water partition coefficient (Wildman–Crippen LogP) is 1.04. The molecule has 4 radical (unpaired) electrons. The molecule has 0 heterocycles. The second-order valence-corrected chi connectivity index (χ2v) is 2.63. The fourth-order valence-corrected chi connectivity index (χ4v) is 0.841. The molecule has 0 atom stereocenters. The number of para-hydroxylation sites is 2. The molecule has 0 spiro atoms. The van der Waals surface area contributed by atoms with Crippen molar-refractivity contribution in [3.8, 4) is 11.5 Å². The van der Waals surface area contributed by atoms with Gasteiger partial charge in [0.25, 0.3) is 0 Å². The van der Waals surface area contributed by atoms with Crippen molar-refractivity contribution in [2.75, 3.05) is 0 Å². The molecule has 0 unspecified atom stereocenters. The summed E-state index contributed by atoms with van der Waals surface area (Å²) in [6, 6.07) is 16.7. The first-order chi connectivity index (χ1) is 6.79. The second-order valence-electron chi connectivity index (χ2n) is 2.63. The van der Waals surface area contributed by atoms with Crippen molar-refractivity contribution in [2.24, 2.45) is 0 Å². The van der Waals surface area contributed by atoms with Crippen LogP contribution in [-0.4, -0.2) is 0 Å². The van der Waals surface area contributed by atoms with Crippen LogP contribution in [0.2, 0.25) is 0 Å². The molecule has 0 saturated carbocycles. The summed E-state index contributed by atoms with van der Waals surface area (Å²) in [7, 11) is 0. The average Bonchev–Trinajstić information content (AvgIpc) is 2.21. The average molecular weight is 255 g/mol. The van der Waals surface area contributed by atoms with Gasteiger partial charge >= 0.3 is 17.1 Å². The number of rotatable bonds is 0. The van der Waals surface area contributed by atoms with Crippen molar-refractivity contribution >= 4 is 0 Å². The van der Waals surface area contributed by atoms with Crippen LogP contribution in [0.4, 0.5) is 0 Å². The van der Waals surface area contributed by atoms with Gasteiger partial charge in [0.05, 0.1) is 0 Å². The standard InChI is InChI=1S/2C6H6O.Mn.N/c2*7-6-4-2-1-3-5-6;;/h2*1-5,7H;;/q;;+2;/p-2. The fraction of sp³-hybridized carbons (Fsp3) is 0. The monoisotopic (exact) mass is 255 g/mol. The van der Waals surface area contributed by atoms with Gasteiger partial charge in [-0.05, 0) is 0 Å². The summed E-state index contributed by atoms with van der Waals surface area (Å²) in [4.78, 5) is 0. The Morgan fingerprint density at radius 3 is 0.938 bits per heavy atom. The number of nitrogens with zero attached hydrogens (tertiary/aromatic N) is 1. The Bertz CT molecular complexity index is 316. The Morgan fingerprint density at radius 2 is 0.812 bits per heavy atom. The topological polar surface area (TPSA) is 76.6 Å². The van der Waals surface area contributed by atoms with Gasteiger partial charge in [-0.2, -0.15) is 0 Å². The smallest absolute Gasteiger partial charge is 0.872 e. The second kappa shape index (κ2) is 10.1. The molecule has 0 bridgehead atoms. The molecule has 2 aromatic carbocycles. The van der Waals surface area contributed by atoms with Gasteiger partial charge in [-0.1, -0.05) is 60.7 Å². The van der Waals surface area contributed by atoms with Gasteiger partial charge in [0, 0.05) is 6.15 Å². The Morgan fingerprint density at radius 1 is 0.562 bits per heavy atom. The number of hydrogen-bond acceptors (Lipinski definition) is 2. The van der Waals surface area contributed by atoms with Crippen molar-refractivity contribution in [3.05, 3.63) is 60.7 Å². The molecule has 0 aliphatic heterocycles. The molecule has 0 fully saturated rings. The van der Waals surface area contributed by atoms with Crippen LogP contribution < -0.4 is 16.4 Å². The van der Waals surface area contributed by atoms with Crippen LogP contribution in [0.25, 0.3) is 0 Å². The van der Waals surface area contributed by atoms with Gasteiger partial charge in [0.2, 0.25) is 0 Å². The summed E-state index contributed by atoms with van der Waals surface area (Å²) in [6.07, 6.45) is 0. The Balaban J connectivity index is 0. The summed E-state index contributed by atoms with van der Waals surface area (Å²) in [5, 5.41) is 20.5. The Hall–Kier alpha value is -1.48. The molecule has 0 N–H and O–H groups in total. The first kappa shape index (κ1) is 16.9. The minimum Gasteiger partial charge on any atom is -0.872 e. The number of benzene rings is 2. The van der Waals surface area contributed by atoms with Crippen LogP contribution in [0.3, 0.4) is 0 Å². The zero-order valence-electron chi connectivity index (χ0n) is 8.42. The molecular weight excluding hydrogens is 245 g/mol. The molecule has 0 saturated heterocycles. The minimum atomic E-state index is 0. The van der Waals surface area contributed by atoms with Gasteiger partial charge in [-0.15, -0.1) is 11.5 Å². The van der Waals surface area contributed by atoms with Gasteiger partial charge in [-0.3, -0.25) is 0 Å². The molecule has 0 aliphatic rings. The zero-order chi connectivity index (χ0) is 10.2. The van der Waals surface area contributed by atoms with E-state index < -0.39 is 0 Å². The third kappa shape index (κ3) is 7.88. The van der Waals surface area contributed by atoms with E-state index in [1.165, 1.54) is 24.3 Å². The summed E-state index contributed by atoms with van der Waals surface area (Å²) in [6.45, 7) is 0. The van der Waals surface area contributed by atoms with E-state index in [0.717, 1.165) is 0 Å². The van der Waals surface area contributed by atoms with Crippen molar-refractivity contribution in [3.63, 3.8) is 0 Å². The molecule has 0 aliphatic carbocycles. The Labute approximate surface area is 106 Å². The van der Waals surface area contributed by atoms with Crippen molar-refractivity contribution < 1.29 is 27.3 Å². The maximum atomic E-state index is 10.3. The van der Waals surface area contributed by atoms with Gasteiger partial charge < -0.3 is 10.2 Å².